The van der Waals surface area contributed by atoms with Crippen molar-refractivity contribution < 1.29 is 9.59 Å². The molecular formula is C19H25ClN2O2. The van der Waals surface area contributed by atoms with Gasteiger partial charge in [-0.05, 0) is 37.5 Å². The summed E-state index contributed by atoms with van der Waals surface area (Å²) in [5.41, 5.74) is 2.35. The van der Waals surface area contributed by atoms with Crippen molar-refractivity contribution >= 4 is 29.0 Å². The van der Waals surface area contributed by atoms with Gasteiger partial charge in [0.05, 0.1) is 0 Å². The van der Waals surface area contributed by atoms with E-state index in [2.05, 4.69) is 11.8 Å². The zero-order valence-electron chi connectivity index (χ0n) is 14.3. The Morgan fingerprint density at radius 2 is 1.83 bits per heavy atom. The molecular weight excluding hydrogens is 324 g/mol. The number of benzene rings is 1. The Kier molecular flexibility index (Phi) is 5.44. The highest BCUT2D eigenvalue weighted by Gasteiger charge is 2.27. The molecule has 4 nitrogen and oxygen atoms in total. The van der Waals surface area contributed by atoms with Gasteiger partial charge in [-0.1, -0.05) is 24.1 Å². The summed E-state index contributed by atoms with van der Waals surface area (Å²) in [4.78, 5) is 28.4. The van der Waals surface area contributed by atoms with E-state index in [0.717, 1.165) is 43.1 Å². The minimum absolute atomic E-state index is 0.116. The highest BCUT2D eigenvalue weighted by atomic mass is 35.5. The molecule has 1 aromatic carbocycles. The Bertz CT molecular complexity index is 620. The summed E-state index contributed by atoms with van der Waals surface area (Å²) in [6.07, 6.45) is 3.98. The number of nitrogens with zero attached hydrogens (tertiary/aromatic N) is 2. The first kappa shape index (κ1) is 17.3. The average Bonchev–Trinajstić information content (AvgIpc) is 2.53. The second kappa shape index (κ2) is 7.56. The summed E-state index contributed by atoms with van der Waals surface area (Å²) in [7, 11) is 0. The van der Waals surface area contributed by atoms with E-state index in [9.17, 15) is 9.59 Å². The summed E-state index contributed by atoms with van der Waals surface area (Å²) in [5.74, 6) is 0.633. The summed E-state index contributed by atoms with van der Waals surface area (Å²) in [6, 6.07) is 5.92. The maximum atomic E-state index is 12.3. The molecule has 130 valence electrons. The molecule has 1 aliphatic carbocycles. The first-order valence-electron chi connectivity index (χ1n) is 8.86. The van der Waals surface area contributed by atoms with Crippen molar-refractivity contribution in [1.82, 2.24) is 4.90 Å². The van der Waals surface area contributed by atoms with Gasteiger partial charge < -0.3 is 9.80 Å². The van der Waals surface area contributed by atoms with Gasteiger partial charge in [0.2, 0.25) is 5.91 Å². The van der Waals surface area contributed by atoms with E-state index in [1.54, 1.807) is 0 Å². The minimum Gasteiger partial charge on any atom is -0.368 e. The van der Waals surface area contributed by atoms with Gasteiger partial charge in [-0.15, -0.1) is 0 Å². The Labute approximate surface area is 148 Å². The van der Waals surface area contributed by atoms with Crippen LogP contribution in [0.4, 0.5) is 5.69 Å². The highest BCUT2D eigenvalue weighted by Crippen LogP contribution is 2.29. The molecule has 0 atom stereocenters. The van der Waals surface area contributed by atoms with E-state index < -0.39 is 0 Å². The van der Waals surface area contributed by atoms with Gasteiger partial charge >= 0.3 is 0 Å². The van der Waals surface area contributed by atoms with Crippen molar-refractivity contribution in [3.8, 4) is 0 Å². The van der Waals surface area contributed by atoms with Crippen molar-refractivity contribution in [1.29, 1.82) is 0 Å². The lowest BCUT2D eigenvalue weighted by Crippen LogP contribution is -2.49. The summed E-state index contributed by atoms with van der Waals surface area (Å²) in [5, 5.41) is 0.739. The molecule has 0 aromatic heterocycles. The van der Waals surface area contributed by atoms with Gasteiger partial charge in [0.15, 0.2) is 0 Å². The molecule has 1 aromatic rings. The Morgan fingerprint density at radius 1 is 1.12 bits per heavy atom. The van der Waals surface area contributed by atoms with Crippen molar-refractivity contribution in [3.63, 3.8) is 0 Å². The fourth-order valence-electron chi connectivity index (χ4n) is 3.44. The molecule has 1 heterocycles. The van der Waals surface area contributed by atoms with Gasteiger partial charge in [-0.25, -0.2) is 0 Å². The summed E-state index contributed by atoms with van der Waals surface area (Å²) in [6.45, 7) is 5.12. The lowest BCUT2D eigenvalue weighted by Gasteiger charge is -2.37. The van der Waals surface area contributed by atoms with E-state index in [0.29, 0.717) is 25.9 Å². The number of carbonyl (C=O) groups excluding carboxylic acids is 2. The Morgan fingerprint density at radius 3 is 2.46 bits per heavy atom. The molecule has 2 aliphatic rings. The molecule has 1 saturated carbocycles. The van der Waals surface area contributed by atoms with Crippen LogP contribution in [0.25, 0.3) is 0 Å². The zero-order chi connectivity index (χ0) is 17.1. The molecule has 1 saturated heterocycles. The number of piperazine rings is 1. The summed E-state index contributed by atoms with van der Waals surface area (Å²) >= 11 is 6.11. The van der Waals surface area contributed by atoms with Crippen LogP contribution >= 0.6 is 11.6 Å². The smallest absolute Gasteiger partial charge is 0.223 e. The quantitative estimate of drug-likeness (QED) is 0.818. The zero-order valence-corrected chi connectivity index (χ0v) is 15.0. The van der Waals surface area contributed by atoms with Gasteiger partial charge in [-0.3, -0.25) is 9.59 Å². The Hall–Kier alpha value is -1.55. The standard InChI is InChI=1S/C19H25ClN2O2/c1-14-5-6-16(20)13-17(14)21-9-11-22(12-10-21)19(24)8-7-18(23)15-3-2-4-15/h5-6,13,15H,2-4,7-12H2,1H3. The molecule has 1 aliphatic heterocycles. The number of Topliss-reactive ketones (excluding diaryl/α,β-unsaturated/α-hetero) is 1. The van der Waals surface area contributed by atoms with Gasteiger partial charge in [0.25, 0.3) is 0 Å². The molecule has 24 heavy (non-hydrogen) atoms. The van der Waals surface area contributed by atoms with Crippen LogP contribution in [-0.2, 0) is 9.59 Å². The molecule has 3 rings (SSSR count). The topological polar surface area (TPSA) is 40.6 Å². The number of aryl methyl sites for hydroxylation is 1. The van der Waals surface area contributed by atoms with Gasteiger partial charge in [0, 0.05) is 55.6 Å². The lowest BCUT2D eigenvalue weighted by molar-refractivity contribution is -0.134. The maximum Gasteiger partial charge on any atom is 0.223 e. The second-order valence-electron chi connectivity index (χ2n) is 6.89. The molecule has 0 N–H and O–H groups in total. The largest absolute Gasteiger partial charge is 0.368 e. The van der Waals surface area contributed by atoms with E-state index in [4.69, 9.17) is 11.6 Å². The van der Waals surface area contributed by atoms with Crippen molar-refractivity contribution in [3.05, 3.63) is 28.8 Å². The van der Waals surface area contributed by atoms with E-state index >= 15 is 0 Å². The number of rotatable bonds is 5. The number of ketones is 1. The second-order valence-corrected chi connectivity index (χ2v) is 7.33. The Balaban J connectivity index is 1.48. The van der Waals surface area contributed by atoms with Crippen LogP contribution in [0.1, 0.15) is 37.7 Å². The van der Waals surface area contributed by atoms with Crippen LogP contribution in [0.15, 0.2) is 18.2 Å². The lowest BCUT2D eigenvalue weighted by atomic mass is 9.81. The van der Waals surface area contributed by atoms with Crippen molar-refractivity contribution in [2.75, 3.05) is 31.1 Å². The SMILES string of the molecule is Cc1ccc(Cl)cc1N1CCN(C(=O)CCC(=O)C2CCC2)CC1. The molecule has 2 fully saturated rings. The third kappa shape index (κ3) is 3.92. The third-order valence-corrected chi connectivity index (χ3v) is 5.53. The van der Waals surface area contributed by atoms with Crippen LogP contribution in [0.5, 0.6) is 0 Å². The molecule has 5 heteroatoms. The molecule has 0 radical (unpaired) electrons. The number of hydrogen-bond acceptors (Lipinski definition) is 3. The van der Waals surface area contributed by atoms with Crippen LogP contribution in [-0.4, -0.2) is 42.8 Å². The molecule has 1 amide bonds. The third-order valence-electron chi connectivity index (χ3n) is 5.29. The number of hydrogen-bond donors (Lipinski definition) is 0. The number of amides is 1. The van der Waals surface area contributed by atoms with Gasteiger partial charge in [-0.2, -0.15) is 0 Å². The average molecular weight is 349 g/mol. The van der Waals surface area contributed by atoms with E-state index in [1.807, 2.05) is 23.1 Å². The predicted octanol–water partition coefficient (Wildman–Crippen LogP) is 3.45. The van der Waals surface area contributed by atoms with Crippen molar-refractivity contribution in [2.45, 2.75) is 39.0 Å². The maximum absolute atomic E-state index is 12.3. The van der Waals surface area contributed by atoms with Gasteiger partial charge in [0.1, 0.15) is 5.78 Å². The predicted molar refractivity (Wildman–Crippen MR) is 96.6 cm³/mol. The minimum atomic E-state index is 0.116. The van der Waals surface area contributed by atoms with Crippen molar-refractivity contribution in [2.24, 2.45) is 5.92 Å². The summed E-state index contributed by atoms with van der Waals surface area (Å²) < 4.78 is 0. The first-order valence-corrected chi connectivity index (χ1v) is 9.24. The van der Waals surface area contributed by atoms with E-state index in [1.165, 1.54) is 5.56 Å². The fourth-order valence-corrected chi connectivity index (χ4v) is 3.61. The van der Waals surface area contributed by atoms with Crippen LogP contribution in [0.2, 0.25) is 5.02 Å². The fraction of sp³-hybridized carbons (Fsp3) is 0.579. The number of halogens is 1. The first-order chi connectivity index (χ1) is 11.5. The normalized spacial score (nSPS) is 18.4. The van der Waals surface area contributed by atoms with Crippen LogP contribution in [0, 0.1) is 12.8 Å². The number of carbonyl (C=O) groups is 2. The van der Waals surface area contributed by atoms with E-state index in [-0.39, 0.29) is 17.6 Å². The number of anilines is 1. The molecule has 0 unspecified atom stereocenters. The molecule has 0 bridgehead atoms. The highest BCUT2D eigenvalue weighted by molar-refractivity contribution is 6.30. The monoisotopic (exact) mass is 348 g/mol. The molecule has 0 spiro atoms. The van der Waals surface area contributed by atoms with Crippen LogP contribution in [0.3, 0.4) is 0 Å². The van der Waals surface area contributed by atoms with Crippen LogP contribution < -0.4 is 4.90 Å².